The van der Waals surface area contributed by atoms with Gasteiger partial charge in [-0.05, 0) is 30.9 Å². The van der Waals surface area contributed by atoms with Gasteiger partial charge in [0.25, 0.3) is 0 Å². The molecule has 1 aromatic carbocycles. The average Bonchev–Trinajstić information content (AvgIpc) is 2.93. The van der Waals surface area contributed by atoms with Gasteiger partial charge in [-0.3, -0.25) is 0 Å². The summed E-state index contributed by atoms with van der Waals surface area (Å²) >= 11 is 0. The lowest BCUT2D eigenvalue weighted by Crippen LogP contribution is -2.42. The summed E-state index contributed by atoms with van der Waals surface area (Å²) in [5.74, 6) is 1.01. The Balaban J connectivity index is 1.47. The van der Waals surface area contributed by atoms with Crippen LogP contribution < -0.4 is 10.1 Å². The van der Waals surface area contributed by atoms with E-state index in [9.17, 15) is 0 Å². The summed E-state index contributed by atoms with van der Waals surface area (Å²) in [7, 11) is 0. The van der Waals surface area contributed by atoms with E-state index in [0.29, 0.717) is 12.6 Å². The van der Waals surface area contributed by atoms with Gasteiger partial charge in [-0.15, -0.1) is 0 Å². The number of ether oxygens (including phenoxy) is 2. The second kappa shape index (κ2) is 5.90. The Morgan fingerprint density at radius 3 is 2.89 bits per heavy atom. The van der Waals surface area contributed by atoms with Crippen molar-refractivity contribution in [3.8, 4) is 5.75 Å². The van der Waals surface area contributed by atoms with Gasteiger partial charge in [0.2, 0.25) is 0 Å². The molecular weight excluding hydrogens is 242 g/mol. The van der Waals surface area contributed by atoms with Gasteiger partial charge in [0.05, 0.1) is 18.8 Å². The molecule has 2 heterocycles. The van der Waals surface area contributed by atoms with Crippen molar-refractivity contribution in [2.45, 2.75) is 37.5 Å². The number of aliphatic hydroxyl groups excluding tert-OH is 1. The van der Waals surface area contributed by atoms with Gasteiger partial charge in [-0.25, -0.2) is 0 Å². The van der Waals surface area contributed by atoms with Crippen LogP contribution in [-0.4, -0.2) is 43.1 Å². The molecule has 0 amide bonds. The molecule has 4 heteroatoms. The Morgan fingerprint density at radius 1 is 1.21 bits per heavy atom. The molecule has 19 heavy (non-hydrogen) atoms. The Bertz CT molecular complexity index is 424. The Morgan fingerprint density at radius 2 is 2.05 bits per heavy atom. The maximum Gasteiger partial charge on any atom is 0.122 e. The quantitative estimate of drug-likeness (QED) is 0.854. The van der Waals surface area contributed by atoms with Crippen LogP contribution in [0.25, 0.3) is 0 Å². The Kier molecular flexibility index (Phi) is 4.01. The molecule has 4 nitrogen and oxygen atoms in total. The van der Waals surface area contributed by atoms with Gasteiger partial charge < -0.3 is 19.9 Å². The van der Waals surface area contributed by atoms with Crippen molar-refractivity contribution in [1.29, 1.82) is 0 Å². The smallest absolute Gasteiger partial charge is 0.122 e. The second-order valence-electron chi connectivity index (χ2n) is 5.37. The van der Waals surface area contributed by atoms with E-state index in [1.807, 2.05) is 12.1 Å². The first-order valence-corrected chi connectivity index (χ1v) is 7.05. The molecule has 2 N–H and O–H groups in total. The van der Waals surface area contributed by atoms with Gasteiger partial charge in [-0.2, -0.15) is 0 Å². The van der Waals surface area contributed by atoms with Gasteiger partial charge in [0.1, 0.15) is 12.4 Å². The zero-order valence-electron chi connectivity index (χ0n) is 11.0. The largest absolute Gasteiger partial charge is 0.492 e. The minimum absolute atomic E-state index is 0.0372. The molecule has 0 saturated carbocycles. The lowest BCUT2D eigenvalue weighted by molar-refractivity contribution is 0.0105. The van der Waals surface area contributed by atoms with Gasteiger partial charge in [0, 0.05) is 12.6 Å². The molecule has 1 saturated heterocycles. The summed E-state index contributed by atoms with van der Waals surface area (Å²) in [5.41, 5.74) is 1.27. The van der Waals surface area contributed by atoms with Gasteiger partial charge >= 0.3 is 0 Å². The minimum atomic E-state index is 0.0372. The molecule has 2 aliphatic heterocycles. The van der Waals surface area contributed by atoms with Crippen LogP contribution in [0, 0.1) is 0 Å². The predicted octanol–water partition coefficient (Wildman–Crippen LogP) is 1.12. The molecule has 3 atom stereocenters. The summed E-state index contributed by atoms with van der Waals surface area (Å²) in [5, 5.41) is 12.6. The second-order valence-corrected chi connectivity index (χ2v) is 5.37. The fourth-order valence-electron chi connectivity index (χ4n) is 2.82. The zero-order chi connectivity index (χ0) is 13.1. The summed E-state index contributed by atoms with van der Waals surface area (Å²) in [6, 6.07) is 8.56. The van der Waals surface area contributed by atoms with Crippen molar-refractivity contribution in [2.75, 3.05) is 19.8 Å². The van der Waals surface area contributed by atoms with Crippen LogP contribution in [-0.2, 0) is 11.2 Å². The van der Waals surface area contributed by atoms with Gasteiger partial charge in [-0.1, -0.05) is 18.2 Å². The zero-order valence-corrected chi connectivity index (χ0v) is 11.0. The summed E-state index contributed by atoms with van der Waals surface area (Å²) < 4.78 is 11.5. The molecule has 0 bridgehead atoms. The third kappa shape index (κ3) is 3.08. The maximum atomic E-state index is 9.04. The van der Waals surface area contributed by atoms with Crippen LogP contribution >= 0.6 is 0 Å². The predicted molar refractivity (Wildman–Crippen MR) is 72.4 cm³/mol. The number of rotatable bonds is 4. The van der Waals surface area contributed by atoms with E-state index in [4.69, 9.17) is 14.6 Å². The fraction of sp³-hybridized carbons (Fsp3) is 0.600. The SMILES string of the molecule is OC[C@@H]1CC[C@H](CN[C@H]2COc3ccccc3C2)O1. The molecule has 3 rings (SSSR count). The number of hydrogen-bond acceptors (Lipinski definition) is 4. The van der Waals surface area contributed by atoms with E-state index >= 15 is 0 Å². The number of hydrogen-bond donors (Lipinski definition) is 2. The first-order chi connectivity index (χ1) is 9.35. The molecule has 1 aromatic rings. The van der Waals surface area contributed by atoms with Crippen molar-refractivity contribution in [1.82, 2.24) is 5.32 Å². The molecule has 104 valence electrons. The summed E-state index contributed by atoms with van der Waals surface area (Å²) in [6.07, 6.45) is 3.27. The normalized spacial score (nSPS) is 29.8. The molecule has 0 radical (unpaired) electrons. The lowest BCUT2D eigenvalue weighted by Gasteiger charge is -2.27. The summed E-state index contributed by atoms with van der Waals surface area (Å²) in [4.78, 5) is 0. The fourth-order valence-corrected chi connectivity index (χ4v) is 2.82. The number of para-hydroxylation sites is 1. The van der Waals surface area contributed by atoms with Crippen molar-refractivity contribution in [2.24, 2.45) is 0 Å². The standard InChI is InChI=1S/C15H21NO3/c17-9-14-6-5-13(19-14)8-16-12-7-11-3-1-2-4-15(11)18-10-12/h1-4,12-14,16-17H,5-10H2/t12-,13-,14+/m1/s1. The van der Waals surface area contributed by atoms with Crippen LogP contribution in [0.4, 0.5) is 0 Å². The van der Waals surface area contributed by atoms with Crippen molar-refractivity contribution >= 4 is 0 Å². The number of benzene rings is 1. The first-order valence-electron chi connectivity index (χ1n) is 7.05. The monoisotopic (exact) mass is 263 g/mol. The molecule has 0 aliphatic carbocycles. The van der Waals surface area contributed by atoms with Crippen LogP contribution in [0.2, 0.25) is 0 Å². The van der Waals surface area contributed by atoms with Crippen LogP contribution in [0.3, 0.4) is 0 Å². The highest BCUT2D eigenvalue weighted by Crippen LogP contribution is 2.24. The van der Waals surface area contributed by atoms with Crippen molar-refractivity contribution < 1.29 is 14.6 Å². The van der Waals surface area contributed by atoms with E-state index in [2.05, 4.69) is 17.4 Å². The third-order valence-corrected chi connectivity index (χ3v) is 3.91. The highest BCUT2D eigenvalue weighted by atomic mass is 16.5. The first kappa shape index (κ1) is 12.9. The van der Waals surface area contributed by atoms with Crippen LogP contribution in [0.1, 0.15) is 18.4 Å². The van der Waals surface area contributed by atoms with E-state index in [1.54, 1.807) is 0 Å². The molecule has 1 fully saturated rings. The molecule has 0 aromatic heterocycles. The summed E-state index contributed by atoms with van der Waals surface area (Å²) in [6.45, 7) is 1.69. The van der Waals surface area contributed by atoms with E-state index < -0.39 is 0 Å². The molecule has 0 spiro atoms. The van der Waals surface area contributed by atoms with Crippen LogP contribution in [0.15, 0.2) is 24.3 Å². The average molecular weight is 263 g/mol. The molecule has 2 aliphatic rings. The van der Waals surface area contributed by atoms with E-state index in [0.717, 1.165) is 31.6 Å². The number of nitrogens with one attached hydrogen (secondary N) is 1. The highest BCUT2D eigenvalue weighted by molar-refractivity contribution is 5.35. The topological polar surface area (TPSA) is 50.7 Å². The molecule has 0 unspecified atom stereocenters. The van der Waals surface area contributed by atoms with E-state index in [-0.39, 0.29) is 18.8 Å². The minimum Gasteiger partial charge on any atom is -0.492 e. The Labute approximate surface area is 113 Å². The van der Waals surface area contributed by atoms with E-state index in [1.165, 1.54) is 5.56 Å². The Hall–Kier alpha value is -1.10. The number of fused-ring (bicyclic) bond motifs is 1. The van der Waals surface area contributed by atoms with Crippen LogP contribution in [0.5, 0.6) is 5.75 Å². The van der Waals surface area contributed by atoms with Crippen molar-refractivity contribution in [3.05, 3.63) is 29.8 Å². The number of aliphatic hydroxyl groups is 1. The lowest BCUT2D eigenvalue weighted by atomic mass is 10.0. The molecular formula is C15H21NO3. The third-order valence-electron chi connectivity index (χ3n) is 3.91. The van der Waals surface area contributed by atoms with Gasteiger partial charge in [0.15, 0.2) is 0 Å². The highest BCUT2D eigenvalue weighted by Gasteiger charge is 2.26. The van der Waals surface area contributed by atoms with Crippen molar-refractivity contribution in [3.63, 3.8) is 0 Å². The maximum absolute atomic E-state index is 9.04.